The molecule has 0 radical (unpaired) electrons. The summed E-state index contributed by atoms with van der Waals surface area (Å²) in [5, 5.41) is 2.34. The summed E-state index contributed by atoms with van der Waals surface area (Å²) in [5.41, 5.74) is 12.6. The van der Waals surface area contributed by atoms with Crippen molar-refractivity contribution in [1.82, 2.24) is 4.58 Å². The fraction of sp³-hybridized carbons (Fsp3) is 0.205. The van der Waals surface area contributed by atoms with Crippen molar-refractivity contribution in [2.24, 2.45) is 0 Å². The van der Waals surface area contributed by atoms with Gasteiger partial charge < -0.3 is 9.32 Å². The van der Waals surface area contributed by atoms with E-state index in [1.165, 1.54) is 50.2 Å². The first-order valence-electron chi connectivity index (χ1n) is 15.4. The maximum atomic E-state index is 6.80. The number of rotatable bonds is 3. The van der Waals surface area contributed by atoms with Gasteiger partial charge in [0, 0.05) is 64.6 Å². The van der Waals surface area contributed by atoms with Crippen LogP contribution in [0, 0.1) is 0 Å². The largest absolute Gasteiger partial charge is 0.456 e. The number of hydrogen-bond donors (Lipinski definition) is 0. The third kappa shape index (κ3) is 4.32. The Morgan fingerprint density at radius 1 is 0.738 bits per heavy atom. The molecule has 0 N–H and O–H groups in total. The average molecular weight is 550 g/mol. The van der Waals surface area contributed by atoms with Crippen LogP contribution >= 0.6 is 0 Å². The highest BCUT2D eigenvalue weighted by Gasteiger charge is 2.26. The first kappa shape index (κ1) is 26.3. The molecule has 4 aromatic rings. The SMILES string of the molecule is CC.CCc1ccccc1-c1c2ccc(=[N+]3CCc4ccccc43)cc-2oc2cc(N3CCc4ccccc43)ccc12. The smallest absolute Gasteiger partial charge is 0.209 e. The second kappa shape index (κ2) is 11.0. The molecule has 0 bridgehead atoms. The van der Waals surface area contributed by atoms with Gasteiger partial charge in [-0.3, -0.25) is 0 Å². The molecule has 4 aliphatic rings. The fourth-order valence-electron chi connectivity index (χ4n) is 6.78. The average Bonchev–Trinajstić information content (AvgIpc) is 3.69. The van der Waals surface area contributed by atoms with E-state index in [0.717, 1.165) is 54.6 Å². The Hall–Kier alpha value is -4.63. The second-order valence-corrected chi connectivity index (χ2v) is 10.9. The Morgan fingerprint density at radius 3 is 2.40 bits per heavy atom. The molecular formula is C39H37N2O+. The van der Waals surface area contributed by atoms with E-state index >= 15 is 0 Å². The van der Waals surface area contributed by atoms with Crippen LogP contribution in [-0.4, -0.2) is 13.1 Å². The minimum atomic E-state index is 0.925. The van der Waals surface area contributed by atoms with E-state index in [0.29, 0.717) is 0 Å². The molecule has 208 valence electrons. The number of fused-ring (bicyclic) bond motifs is 4. The van der Waals surface area contributed by atoms with Gasteiger partial charge in [-0.25, -0.2) is 0 Å². The van der Waals surface area contributed by atoms with E-state index in [4.69, 9.17) is 4.42 Å². The Kier molecular flexibility index (Phi) is 6.87. The summed E-state index contributed by atoms with van der Waals surface area (Å²) in [6.07, 6.45) is 3.12. The summed E-state index contributed by atoms with van der Waals surface area (Å²) in [6.45, 7) is 8.22. The molecule has 0 spiro atoms. The Bertz CT molecular complexity index is 1960. The number of anilines is 2. The molecule has 0 fully saturated rings. The zero-order valence-corrected chi connectivity index (χ0v) is 24.7. The first-order chi connectivity index (χ1) is 20.8. The predicted octanol–water partition coefficient (Wildman–Crippen LogP) is 9.15. The van der Waals surface area contributed by atoms with Gasteiger partial charge in [-0.2, -0.15) is 4.58 Å². The van der Waals surface area contributed by atoms with Gasteiger partial charge in [-0.15, -0.1) is 0 Å². The normalized spacial score (nSPS) is 15.0. The molecule has 0 saturated heterocycles. The van der Waals surface area contributed by atoms with E-state index in [2.05, 4.69) is 126 Å². The van der Waals surface area contributed by atoms with Gasteiger partial charge in [0.05, 0.1) is 6.07 Å². The lowest BCUT2D eigenvalue weighted by molar-refractivity contribution is 0.617. The summed E-state index contributed by atoms with van der Waals surface area (Å²) in [4.78, 5) is 2.42. The molecule has 0 unspecified atom stereocenters. The Labute approximate surface area is 248 Å². The highest BCUT2D eigenvalue weighted by atomic mass is 16.3. The van der Waals surface area contributed by atoms with Crippen LogP contribution in [0.3, 0.4) is 0 Å². The van der Waals surface area contributed by atoms with Crippen LogP contribution in [0.15, 0.2) is 114 Å². The van der Waals surface area contributed by atoms with Crippen molar-refractivity contribution < 1.29 is 4.42 Å². The van der Waals surface area contributed by atoms with Gasteiger partial charge in [-0.1, -0.05) is 81.4 Å². The third-order valence-electron chi connectivity index (χ3n) is 8.75. The van der Waals surface area contributed by atoms with Crippen molar-refractivity contribution in [1.29, 1.82) is 0 Å². The van der Waals surface area contributed by atoms with Crippen LogP contribution < -0.4 is 14.8 Å². The fourth-order valence-corrected chi connectivity index (χ4v) is 6.78. The number of para-hydroxylation sites is 2. The molecule has 4 aromatic carbocycles. The molecule has 3 heterocycles. The van der Waals surface area contributed by atoms with E-state index in [1.54, 1.807) is 0 Å². The van der Waals surface area contributed by atoms with Crippen LogP contribution in [0.2, 0.25) is 0 Å². The molecule has 0 amide bonds. The van der Waals surface area contributed by atoms with E-state index < -0.39 is 0 Å². The van der Waals surface area contributed by atoms with Crippen LogP contribution in [0.25, 0.3) is 33.4 Å². The summed E-state index contributed by atoms with van der Waals surface area (Å²) >= 11 is 0. The van der Waals surface area contributed by atoms with E-state index in [9.17, 15) is 0 Å². The van der Waals surface area contributed by atoms with E-state index in [-0.39, 0.29) is 0 Å². The van der Waals surface area contributed by atoms with Crippen molar-refractivity contribution in [3.05, 3.63) is 131 Å². The number of hydrogen-bond acceptors (Lipinski definition) is 2. The van der Waals surface area contributed by atoms with Crippen molar-refractivity contribution in [2.45, 2.75) is 40.0 Å². The minimum absolute atomic E-state index is 0.925. The number of benzene rings is 5. The monoisotopic (exact) mass is 549 g/mol. The highest BCUT2D eigenvalue weighted by Crippen LogP contribution is 2.43. The van der Waals surface area contributed by atoms with Crippen LogP contribution in [-0.2, 0) is 19.3 Å². The summed E-state index contributed by atoms with van der Waals surface area (Å²) in [7, 11) is 0. The van der Waals surface area contributed by atoms with Gasteiger partial charge in [0.15, 0.2) is 6.54 Å². The van der Waals surface area contributed by atoms with Crippen LogP contribution in [0.4, 0.5) is 17.1 Å². The van der Waals surface area contributed by atoms with Gasteiger partial charge in [0.2, 0.25) is 11.0 Å². The molecule has 0 aromatic heterocycles. The molecular weight excluding hydrogens is 512 g/mol. The maximum Gasteiger partial charge on any atom is 0.209 e. The lowest BCUT2D eigenvalue weighted by atomic mass is 9.90. The van der Waals surface area contributed by atoms with E-state index in [1.807, 2.05) is 13.8 Å². The topological polar surface area (TPSA) is 19.4 Å². The molecule has 42 heavy (non-hydrogen) atoms. The standard InChI is InChI=1S/C37H31N2O.C2H6/c1-2-25-9-3-6-12-30(25)37-31-17-15-28(38-21-19-26-10-4-7-13-33(26)38)23-35(31)40-36-24-29(16-18-32(36)37)39-22-20-27-11-5-8-14-34(27)39;1-2/h3-18,23-24H,2,19-22H2,1H3;1-2H3/q+1;. The van der Waals surface area contributed by atoms with Crippen molar-refractivity contribution in [2.75, 3.05) is 18.0 Å². The molecule has 3 heteroatoms. The minimum Gasteiger partial charge on any atom is -0.456 e. The predicted molar refractivity (Wildman–Crippen MR) is 176 cm³/mol. The van der Waals surface area contributed by atoms with Crippen molar-refractivity contribution >= 4 is 28.0 Å². The summed E-state index contributed by atoms with van der Waals surface area (Å²) in [5.74, 6) is 0.925. The molecule has 1 aliphatic carbocycles. The molecule has 3 aliphatic heterocycles. The highest BCUT2D eigenvalue weighted by molar-refractivity contribution is 6.03. The number of nitrogens with zero attached hydrogens (tertiary/aromatic N) is 2. The van der Waals surface area contributed by atoms with Gasteiger partial charge in [0.1, 0.15) is 11.3 Å². The quantitative estimate of drug-likeness (QED) is 0.162. The Balaban J connectivity index is 0.00000141. The summed E-state index contributed by atoms with van der Waals surface area (Å²) < 4.78 is 9.23. The van der Waals surface area contributed by atoms with Crippen molar-refractivity contribution in [3.63, 3.8) is 0 Å². The third-order valence-corrected chi connectivity index (χ3v) is 8.75. The summed E-state index contributed by atoms with van der Waals surface area (Å²) in [6, 6.07) is 39.8. The molecule has 0 atom stereocenters. The molecule has 0 saturated carbocycles. The van der Waals surface area contributed by atoms with Crippen molar-refractivity contribution in [3.8, 4) is 22.5 Å². The Morgan fingerprint density at radius 2 is 1.52 bits per heavy atom. The van der Waals surface area contributed by atoms with Gasteiger partial charge in [-0.05, 0) is 53.8 Å². The lowest BCUT2D eigenvalue weighted by Gasteiger charge is -2.22. The maximum absolute atomic E-state index is 6.80. The number of aryl methyl sites for hydroxylation is 1. The van der Waals surface area contributed by atoms with Crippen LogP contribution in [0.5, 0.6) is 0 Å². The van der Waals surface area contributed by atoms with Gasteiger partial charge in [0.25, 0.3) is 0 Å². The first-order valence-corrected chi connectivity index (χ1v) is 15.4. The van der Waals surface area contributed by atoms with Crippen LogP contribution in [0.1, 0.15) is 37.5 Å². The lowest BCUT2D eigenvalue weighted by Crippen LogP contribution is -2.23. The molecule has 3 nitrogen and oxygen atoms in total. The second-order valence-electron chi connectivity index (χ2n) is 10.9. The zero-order valence-electron chi connectivity index (χ0n) is 24.7. The zero-order chi connectivity index (χ0) is 28.6. The van der Waals surface area contributed by atoms with Gasteiger partial charge >= 0.3 is 0 Å². The molecule has 8 rings (SSSR count).